The number of ether oxygens (including phenoxy) is 1. The molecule has 2 N–H and O–H groups in total. The molecule has 0 aliphatic carbocycles. The normalized spacial score (nSPS) is 17.9. The van der Waals surface area contributed by atoms with Crippen molar-refractivity contribution in [2.45, 2.75) is 45.1 Å². The SMILES string of the molecule is CC[C@@H]1CCCN1Cc1cc(NC(=O)c2ccc(N3CCN(CC(=O)O)CC3)cc2)ncc1-c1ccc(OC(F)(F)F)cc1. The van der Waals surface area contributed by atoms with Crippen molar-refractivity contribution in [3.63, 3.8) is 0 Å². The van der Waals surface area contributed by atoms with Gasteiger partial charge >= 0.3 is 12.3 Å². The van der Waals surface area contributed by atoms with Gasteiger partial charge in [-0.1, -0.05) is 19.1 Å². The Morgan fingerprint density at radius 1 is 1.02 bits per heavy atom. The zero-order valence-electron chi connectivity index (χ0n) is 24.5. The summed E-state index contributed by atoms with van der Waals surface area (Å²) >= 11 is 0. The number of nitrogens with one attached hydrogen (secondary N) is 1. The van der Waals surface area contributed by atoms with Crippen LogP contribution in [0.25, 0.3) is 11.1 Å². The fourth-order valence-electron chi connectivity index (χ4n) is 5.94. The summed E-state index contributed by atoms with van der Waals surface area (Å²) in [6.45, 7) is 6.46. The molecule has 3 heterocycles. The third-order valence-corrected chi connectivity index (χ3v) is 8.20. The fraction of sp³-hybridized carbons (Fsp3) is 0.406. The molecular formula is C32H36F3N5O4. The molecule has 12 heteroatoms. The van der Waals surface area contributed by atoms with E-state index >= 15 is 0 Å². The van der Waals surface area contributed by atoms with Gasteiger partial charge in [-0.05, 0) is 79.4 Å². The van der Waals surface area contributed by atoms with E-state index < -0.39 is 12.3 Å². The van der Waals surface area contributed by atoms with Gasteiger partial charge in [-0.3, -0.25) is 19.4 Å². The van der Waals surface area contributed by atoms with Crippen molar-refractivity contribution in [3.05, 3.63) is 71.9 Å². The Morgan fingerprint density at radius 2 is 1.73 bits per heavy atom. The number of carbonyl (C=O) groups excluding carboxylic acids is 1. The first-order valence-corrected chi connectivity index (χ1v) is 14.8. The number of carboxylic acids is 1. The summed E-state index contributed by atoms with van der Waals surface area (Å²) in [4.78, 5) is 35.1. The van der Waals surface area contributed by atoms with Crippen molar-refractivity contribution in [3.8, 4) is 16.9 Å². The van der Waals surface area contributed by atoms with Gasteiger partial charge in [0.2, 0.25) is 0 Å². The Balaban J connectivity index is 1.30. The number of hydrogen-bond donors (Lipinski definition) is 2. The molecule has 234 valence electrons. The average molecular weight is 612 g/mol. The zero-order chi connectivity index (χ0) is 31.3. The largest absolute Gasteiger partial charge is 0.573 e. The van der Waals surface area contributed by atoms with Crippen molar-refractivity contribution >= 4 is 23.4 Å². The lowest BCUT2D eigenvalue weighted by atomic mass is 10.0. The van der Waals surface area contributed by atoms with Crippen molar-refractivity contribution in [1.82, 2.24) is 14.8 Å². The van der Waals surface area contributed by atoms with Crippen LogP contribution in [0.4, 0.5) is 24.7 Å². The number of hydrogen-bond acceptors (Lipinski definition) is 7. The maximum atomic E-state index is 13.2. The Bertz CT molecular complexity index is 1440. The highest BCUT2D eigenvalue weighted by Gasteiger charge is 2.31. The van der Waals surface area contributed by atoms with Crippen LogP contribution in [-0.2, 0) is 11.3 Å². The van der Waals surface area contributed by atoms with E-state index in [9.17, 15) is 22.8 Å². The molecule has 0 spiro atoms. The van der Waals surface area contributed by atoms with Crippen LogP contribution in [0.1, 0.15) is 42.1 Å². The minimum Gasteiger partial charge on any atom is -0.480 e. The Hall–Kier alpha value is -4.16. The maximum absolute atomic E-state index is 13.2. The summed E-state index contributed by atoms with van der Waals surface area (Å²) in [7, 11) is 0. The van der Waals surface area contributed by atoms with E-state index in [2.05, 4.69) is 31.8 Å². The number of pyridine rings is 1. The average Bonchev–Trinajstić information content (AvgIpc) is 3.44. The second kappa shape index (κ2) is 13.6. The van der Waals surface area contributed by atoms with Crippen LogP contribution in [0, 0.1) is 0 Å². The Morgan fingerprint density at radius 3 is 2.36 bits per heavy atom. The maximum Gasteiger partial charge on any atom is 0.573 e. The second-order valence-electron chi connectivity index (χ2n) is 11.1. The lowest BCUT2D eigenvalue weighted by Gasteiger charge is -2.35. The number of amides is 1. The molecule has 9 nitrogen and oxygen atoms in total. The number of nitrogens with zero attached hydrogens (tertiary/aromatic N) is 4. The molecule has 0 unspecified atom stereocenters. The van der Waals surface area contributed by atoms with Gasteiger partial charge in [-0.15, -0.1) is 13.2 Å². The van der Waals surface area contributed by atoms with E-state index in [4.69, 9.17) is 5.11 Å². The summed E-state index contributed by atoms with van der Waals surface area (Å²) in [6.07, 6.45) is 0.104. The predicted octanol–water partition coefficient (Wildman–Crippen LogP) is 5.48. The molecule has 3 aromatic rings. The van der Waals surface area contributed by atoms with Gasteiger partial charge in [0.25, 0.3) is 5.91 Å². The number of anilines is 2. The van der Waals surface area contributed by atoms with Gasteiger partial charge < -0.3 is 20.1 Å². The molecule has 44 heavy (non-hydrogen) atoms. The standard InChI is InChI=1S/C32H36F3N5O4/c1-2-25-4-3-13-40(25)20-24-18-29(36-19-28(24)22-7-11-27(12-8-22)44-32(33,34)35)37-31(43)23-5-9-26(10-6-23)39-16-14-38(15-17-39)21-30(41)42/h5-12,18-19,25H,2-4,13-17,20-21H2,1H3,(H,41,42)(H,36,37,43)/t25-/m1/s1. The summed E-state index contributed by atoms with van der Waals surface area (Å²) in [5, 5.41) is 11.9. The topological polar surface area (TPSA) is 98.2 Å². The number of carbonyl (C=O) groups is 2. The quantitative estimate of drug-likeness (QED) is 0.311. The molecule has 5 rings (SSSR count). The molecule has 2 fully saturated rings. The molecule has 2 aliphatic rings. The molecule has 1 amide bonds. The lowest BCUT2D eigenvalue weighted by Crippen LogP contribution is -2.47. The summed E-state index contributed by atoms with van der Waals surface area (Å²) in [5.74, 6) is -1.05. The first kappa shape index (κ1) is 31.3. The summed E-state index contributed by atoms with van der Waals surface area (Å²) in [5.41, 5.74) is 3.82. The van der Waals surface area contributed by atoms with Crippen LogP contribution >= 0.6 is 0 Å². The van der Waals surface area contributed by atoms with Gasteiger partial charge in [0.1, 0.15) is 11.6 Å². The molecule has 0 saturated carbocycles. The van der Waals surface area contributed by atoms with E-state index in [0.717, 1.165) is 42.6 Å². The molecule has 1 atom stereocenters. The van der Waals surface area contributed by atoms with Crippen LogP contribution in [0.15, 0.2) is 60.8 Å². The first-order chi connectivity index (χ1) is 21.1. The molecular weight excluding hydrogens is 575 g/mol. The molecule has 2 aliphatic heterocycles. The molecule has 2 aromatic carbocycles. The number of aromatic nitrogens is 1. The fourth-order valence-corrected chi connectivity index (χ4v) is 5.94. The zero-order valence-corrected chi connectivity index (χ0v) is 24.5. The Labute approximate surface area is 254 Å². The highest BCUT2D eigenvalue weighted by molar-refractivity contribution is 6.04. The first-order valence-electron chi connectivity index (χ1n) is 14.8. The van der Waals surface area contributed by atoms with Gasteiger partial charge in [-0.25, -0.2) is 4.98 Å². The Kier molecular flexibility index (Phi) is 9.70. The number of likely N-dealkylation sites (tertiary alicyclic amines) is 1. The third-order valence-electron chi connectivity index (χ3n) is 8.20. The van der Waals surface area contributed by atoms with Crippen molar-refractivity contribution in [2.75, 3.05) is 49.5 Å². The smallest absolute Gasteiger partial charge is 0.480 e. The van der Waals surface area contributed by atoms with Crippen LogP contribution in [0.2, 0.25) is 0 Å². The van der Waals surface area contributed by atoms with Crippen LogP contribution in [0.3, 0.4) is 0 Å². The number of piperazine rings is 1. The lowest BCUT2D eigenvalue weighted by molar-refractivity contribution is -0.274. The molecule has 1 aromatic heterocycles. The van der Waals surface area contributed by atoms with E-state index in [1.54, 1.807) is 30.5 Å². The van der Waals surface area contributed by atoms with Crippen molar-refractivity contribution in [2.24, 2.45) is 0 Å². The van der Waals surface area contributed by atoms with E-state index in [0.29, 0.717) is 55.7 Å². The number of alkyl halides is 3. The van der Waals surface area contributed by atoms with Crippen LogP contribution < -0.4 is 15.0 Å². The summed E-state index contributed by atoms with van der Waals surface area (Å²) < 4.78 is 42.0. The molecule has 0 radical (unpaired) electrons. The number of rotatable bonds is 10. The number of carboxylic acid groups (broad SMARTS) is 1. The molecule has 2 saturated heterocycles. The van der Waals surface area contributed by atoms with Gasteiger partial charge in [0.05, 0.1) is 6.54 Å². The number of aliphatic carboxylic acids is 1. The van der Waals surface area contributed by atoms with E-state index in [1.807, 2.05) is 23.1 Å². The van der Waals surface area contributed by atoms with E-state index in [-0.39, 0.29) is 18.2 Å². The van der Waals surface area contributed by atoms with Crippen molar-refractivity contribution < 1.29 is 32.6 Å². The molecule has 0 bridgehead atoms. The minimum atomic E-state index is -4.77. The van der Waals surface area contributed by atoms with E-state index in [1.165, 1.54) is 12.1 Å². The highest BCUT2D eigenvalue weighted by atomic mass is 19.4. The number of halogens is 3. The highest BCUT2D eigenvalue weighted by Crippen LogP contribution is 2.32. The van der Waals surface area contributed by atoms with Gasteiger partial charge in [0.15, 0.2) is 0 Å². The van der Waals surface area contributed by atoms with Gasteiger partial charge in [-0.2, -0.15) is 0 Å². The van der Waals surface area contributed by atoms with Crippen molar-refractivity contribution in [1.29, 1.82) is 0 Å². The van der Waals surface area contributed by atoms with Gasteiger partial charge in [0, 0.05) is 61.8 Å². The monoisotopic (exact) mass is 611 g/mol. The predicted molar refractivity (Wildman–Crippen MR) is 161 cm³/mol. The summed E-state index contributed by atoms with van der Waals surface area (Å²) in [6, 6.07) is 15.3. The van der Waals surface area contributed by atoms with Crippen LogP contribution in [0.5, 0.6) is 5.75 Å². The number of benzene rings is 2. The third kappa shape index (κ3) is 8.06. The minimum absolute atomic E-state index is 0.0318. The second-order valence-corrected chi connectivity index (χ2v) is 11.1. The van der Waals surface area contributed by atoms with Crippen LogP contribution in [-0.4, -0.2) is 83.4 Å².